The highest BCUT2D eigenvalue weighted by atomic mass is 32.1. The number of anilines is 1. The van der Waals surface area contributed by atoms with E-state index >= 15 is 0 Å². The Bertz CT molecular complexity index is 891. The molecule has 30 heavy (non-hydrogen) atoms. The Balaban J connectivity index is 1.44. The van der Waals surface area contributed by atoms with Gasteiger partial charge in [0.25, 0.3) is 5.91 Å². The van der Waals surface area contributed by atoms with Crippen LogP contribution in [0.1, 0.15) is 21.1 Å². The minimum Gasteiger partial charge on any atom is -0.468 e. The van der Waals surface area contributed by atoms with Gasteiger partial charge in [0.15, 0.2) is 0 Å². The Kier molecular flexibility index (Phi) is 7.36. The van der Waals surface area contributed by atoms with Gasteiger partial charge in [-0.2, -0.15) is 0 Å². The quantitative estimate of drug-likeness (QED) is 0.675. The first kappa shape index (κ1) is 21.7. The molecule has 3 amide bonds. The first-order valence-corrected chi connectivity index (χ1v) is 10.5. The van der Waals surface area contributed by atoms with Gasteiger partial charge in [-0.05, 0) is 31.2 Å². The molecule has 0 saturated carbocycles. The summed E-state index contributed by atoms with van der Waals surface area (Å²) in [6.07, 6.45) is 0. The van der Waals surface area contributed by atoms with Gasteiger partial charge in [0.1, 0.15) is 6.54 Å². The number of aryl methyl sites for hydroxylation is 1. The van der Waals surface area contributed by atoms with E-state index in [-0.39, 0.29) is 18.5 Å². The average Bonchev–Trinajstić information content (AvgIpc) is 3.17. The van der Waals surface area contributed by atoms with Crippen molar-refractivity contribution in [2.24, 2.45) is 0 Å². The molecular formula is C20H25N5O4S. The third kappa shape index (κ3) is 6.01. The molecule has 10 heteroatoms. The van der Waals surface area contributed by atoms with Crippen LogP contribution in [0.15, 0.2) is 29.6 Å². The fraction of sp³-hybridized carbons (Fsp3) is 0.400. The molecule has 1 fully saturated rings. The minimum absolute atomic E-state index is 0.165. The van der Waals surface area contributed by atoms with Gasteiger partial charge in [-0.1, -0.05) is 0 Å². The van der Waals surface area contributed by atoms with Crippen LogP contribution < -0.4 is 10.6 Å². The van der Waals surface area contributed by atoms with Crippen molar-refractivity contribution < 1.29 is 19.1 Å². The number of ether oxygens (including phenoxy) is 1. The normalized spacial score (nSPS) is 14.3. The number of carbonyl (C=O) groups is 3. The van der Waals surface area contributed by atoms with Crippen molar-refractivity contribution in [3.05, 3.63) is 45.9 Å². The summed E-state index contributed by atoms with van der Waals surface area (Å²) in [5.41, 5.74) is 2.07. The number of rotatable bonds is 6. The molecule has 1 aliphatic heterocycles. The van der Waals surface area contributed by atoms with Crippen LogP contribution in [0, 0.1) is 6.92 Å². The van der Waals surface area contributed by atoms with E-state index in [9.17, 15) is 14.4 Å². The molecule has 160 valence electrons. The number of nitrogens with one attached hydrogen (secondary N) is 2. The van der Waals surface area contributed by atoms with E-state index in [0.717, 1.165) is 30.3 Å². The van der Waals surface area contributed by atoms with Gasteiger partial charge in [-0.25, -0.2) is 9.78 Å². The van der Waals surface area contributed by atoms with Crippen molar-refractivity contribution in [2.75, 3.05) is 45.2 Å². The summed E-state index contributed by atoms with van der Waals surface area (Å²) in [7, 11) is 1.26. The Morgan fingerprint density at radius 1 is 1.13 bits per heavy atom. The van der Waals surface area contributed by atoms with Crippen molar-refractivity contribution in [1.29, 1.82) is 0 Å². The molecule has 0 aliphatic carbocycles. The van der Waals surface area contributed by atoms with Crippen LogP contribution in [0.2, 0.25) is 0 Å². The Labute approximate surface area is 179 Å². The third-order valence-corrected chi connectivity index (χ3v) is 5.55. The Morgan fingerprint density at radius 2 is 1.83 bits per heavy atom. The molecule has 9 nitrogen and oxygen atoms in total. The number of esters is 1. The van der Waals surface area contributed by atoms with Crippen LogP contribution in [0.3, 0.4) is 0 Å². The van der Waals surface area contributed by atoms with Crippen molar-refractivity contribution >= 4 is 34.9 Å². The summed E-state index contributed by atoms with van der Waals surface area (Å²) in [4.78, 5) is 44.2. The predicted octanol–water partition coefficient (Wildman–Crippen LogP) is 1.70. The number of hydrogen-bond acceptors (Lipinski definition) is 7. The molecular weight excluding hydrogens is 406 g/mol. The molecule has 1 aromatic carbocycles. The van der Waals surface area contributed by atoms with Gasteiger partial charge in [-0.15, -0.1) is 11.3 Å². The standard InChI is InChI=1S/C20H25N5O4S/c1-14-22-17(13-30-14)12-24-7-9-25(10-8-24)20(28)23-16-5-3-15(4-6-16)19(27)21-11-18(26)29-2/h3-6,13H,7-12H2,1-2H3,(H,21,27)(H,23,28). The second kappa shape index (κ2) is 10.2. The van der Waals surface area contributed by atoms with Crippen LogP contribution in [0.25, 0.3) is 0 Å². The predicted molar refractivity (Wildman–Crippen MR) is 114 cm³/mol. The molecule has 0 atom stereocenters. The number of benzene rings is 1. The van der Waals surface area contributed by atoms with Crippen molar-refractivity contribution in [2.45, 2.75) is 13.5 Å². The molecule has 0 radical (unpaired) electrons. The average molecular weight is 432 g/mol. The van der Waals surface area contributed by atoms with Crippen LogP contribution in [-0.4, -0.2) is 72.5 Å². The lowest BCUT2D eigenvalue weighted by molar-refractivity contribution is -0.139. The molecule has 0 bridgehead atoms. The first-order valence-electron chi connectivity index (χ1n) is 9.59. The highest BCUT2D eigenvalue weighted by Gasteiger charge is 2.21. The van der Waals surface area contributed by atoms with Gasteiger partial charge in [0, 0.05) is 49.4 Å². The van der Waals surface area contributed by atoms with E-state index in [4.69, 9.17) is 0 Å². The number of thiazole rings is 1. The smallest absolute Gasteiger partial charge is 0.325 e. The maximum absolute atomic E-state index is 12.5. The third-order valence-electron chi connectivity index (χ3n) is 4.73. The molecule has 3 rings (SSSR count). The van der Waals surface area contributed by atoms with Gasteiger partial charge < -0.3 is 20.3 Å². The largest absolute Gasteiger partial charge is 0.468 e. The number of hydrogen-bond donors (Lipinski definition) is 2. The summed E-state index contributed by atoms with van der Waals surface area (Å²) >= 11 is 1.65. The number of aromatic nitrogens is 1. The van der Waals surface area contributed by atoms with Gasteiger partial charge in [0.2, 0.25) is 0 Å². The molecule has 2 heterocycles. The summed E-state index contributed by atoms with van der Waals surface area (Å²) in [6, 6.07) is 6.34. The van der Waals surface area contributed by atoms with Gasteiger partial charge >= 0.3 is 12.0 Å². The van der Waals surface area contributed by atoms with E-state index in [1.165, 1.54) is 7.11 Å². The van der Waals surface area contributed by atoms with E-state index in [1.54, 1.807) is 40.5 Å². The summed E-state index contributed by atoms with van der Waals surface area (Å²) in [6.45, 7) is 5.48. The fourth-order valence-electron chi connectivity index (χ4n) is 3.05. The minimum atomic E-state index is -0.519. The SMILES string of the molecule is COC(=O)CNC(=O)c1ccc(NC(=O)N2CCN(Cc3csc(C)n3)CC2)cc1. The zero-order valence-electron chi connectivity index (χ0n) is 17.0. The number of urea groups is 1. The van der Waals surface area contributed by atoms with Crippen LogP contribution >= 0.6 is 11.3 Å². The number of piperazine rings is 1. The highest BCUT2D eigenvalue weighted by Crippen LogP contribution is 2.14. The second-order valence-corrected chi connectivity index (χ2v) is 7.95. The zero-order valence-corrected chi connectivity index (χ0v) is 17.8. The lowest BCUT2D eigenvalue weighted by atomic mass is 10.2. The van der Waals surface area contributed by atoms with Crippen molar-refractivity contribution in [3.63, 3.8) is 0 Å². The van der Waals surface area contributed by atoms with Gasteiger partial charge in [0.05, 0.1) is 17.8 Å². The maximum atomic E-state index is 12.5. The van der Waals surface area contributed by atoms with E-state index in [0.29, 0.717) is 24.3 Å². The molecule has 2 N–H and O–H groups in total. The lowest BCUT2D eigenvalue weighted by Gasteiger charge is -2.34. The van der Waals surface area contributed by atoms with Crippen LogP contribution in [-0.2, 0) is 16.1 Å². The first-order chi connectivity index (χ1) is 14.4. The van der Waals surface area contributed by atoms with Crippen LogP contribution in [0.5, 0.6) is 0 Å². The second-order valence-electron chi connectivity index (χ2n) is 6.89. The number of methoxy groups -OCH3 is 1. The summed E-state index contributed by atoms with van der Waals surface area (Å²) in [5, 5.41) is 8.47. The molecule has 0 spiro atoms. The fourth-order valence-corrected chi connectivity index (χ4v) is 3.66. The molecule has 2 aromatic rings. The monoisotopic (exact) mass is 431 g/mol. The van der Waals surface area contributed by atoms with Crippen LogP contribution in [0.4, 0.5) is 10.5 Å². The number of nitrogens with zero attached hydrogens (tertiary/aromatic N) is 3. The molecule has 1 aliphatic rings. The van der Waals surface area contributed by atoms with Gasteiger partial charge in [-0.3, -0.25) is 14.5 Å². The zero-order chi connectivity index (χ0) is 21.5. The van der Waals surface area contributed by atoms with E-state index in [2.05, 4.69) is 30.6 Å². The summed E-state index contributed by atoms with van der Waals surface area (Å²) in [5.74, 6) is -0.904. The van der Waals surface area contributed by atoms with E-state index < -0.39 is 5.97 Å². The molecule has 0 unspecified atom stereocenters. The van der Waals surface area contributed by atoms with E-state index in [1.807, 2.05) is 6.92 Å². The summed E-state index contributed by atoms with van der Waals surface area (Å²) < 4.78 is 4.48. The lowest BCUT2D eigenvalue weighted by Crippen LogP contribution is -2.49. The molecule has 1 saturated heterocycles. The highest BCUT2D eigenvalue weighted by molar-refractivity contribution is 7.09. The number of carbonyl (C=O) groups excluding carboxylic acids is 3. The van der Waals surface area contributed by atoms with Crippen molar-refractivity contribution in [1.82, 2.24) is 20.1 Å². The van der Waals surface area contributed by atoms with Crippen molar-refractivity contribution in [3.8, 4) is 0 Å². The maximum Gasteiger partial charge on any atom is 0.325 e. The number of amides is 3. The Hall–Kier alpha value is -2.98. The topological polar surface area (TPSA) is 104 Å². The molecule has 1 aromatic heterocycles. The Morgan fingerprint density at radius 3 is 2.43 bits per heavy atom.